The molecule has 0 spiro atoms. The predicted molar refractivity (Wildman–Crippen MR) is 110 cm³/mol. The molecule has 2 aromatic carbocycles. The number of hydrogen-bond donors (Lipinski definition) is 1. The molecule has 11 heteroatoms. The minimum Gasteiger partial charge on any atom is -0.311 e. The first-order valence-corrected chi connectivity index (χ1v) is 11.4. The molecule has 0 saturated carbocycles. The van der Waals surface area contributed by atoms with Crippen LogP contribution in [0, 0.1) is 0 Å². The van der Waals surface area contributed by atoms with Gasteiger partial charge in [0, 0.05) is 24.2 Å². The highest BCUT2D eigenvalue weighted by molar-refractivity contribution is 7.92. The second kappa shape index (κ2) is 8.16. The average molecular weight is 471 g/mol. The number of rotatable bonds is 4. The molecule has 6 nitrogen and oxygen atoms in total. The van der Waals surface area contributed by atoms with Crippen molar-refractivity contribution < 1.29 is 21.6 Å². The number of sulfonamides is 1. The van der Waals surface area contributed by atoms with Crippen LogP contribution >= 0.6 is 11.6 Å². The summed E-state index contributed by atoms with van der Waals surface area (Å²) >= 11 is 6.35. The number of hydrogen-bond acceptors (Lipinski definition) is 4. The summed E-state index contributed by atoms with van der Waals surface area (Å²) in [5, 5.41) is 8.87. The molecule has 0 bridgehead atoms. The average Bonchev–Trinajstić information content (AvgIpc) is 2.96. The van der Waals surface area contributed by atoms with Crippen molar-refractivity contribution >= 4 is 27.3 Å². The molecule has 0 radical (unpaired) electrons. The van der Waals surface area contributed by atoms with E-state index in [0.717, 1.165) is 62.3 Å². The van der Waals surface area contributed by atoms with Gasteiger partial charge in [-0.15, -0.1) is 10.2 Å². The molecule has 1 N–H and O–H groups in total. The van der Waals surface area contributed by atoms with Crippen LogP contribution in [0.3, 0.4) is 0 Å². The van der Waals surface area contributed by atoms with Gasteiger partial charge < -0.3 is 4.57 Å². The second-order valence-corrected chi connectivity index (χ2v) is 9.31. The van der Waals surface area contributed by atoms with E-state index >= 15 is 0 Å². The molecule has 0 fully saturated rings. The Morgan fingerprint density at radius 3 is 2.45 bits per heavy atom. The number of benzene rings is 2. The largest absolute Gasteiger partial charge is 0.416 e. The van der Waals surface area contributed by atoms with Crippen molar-refractivity contribution in [1.82, 2.24) is 14.8 Å². The highest BCUT2D eigenvalue weighted by Crippen LogP contribution is 2.33. The van der Waals surface area contributed by atoms with Gasteiger partial charge in [-0.05, 0) is 55.3 Å². The van der Waals surface area contributed by atoms with Crippen molar-refractivity contribution in [2.75, 3.05) is 4.72 Å². The third-order valence-corrected chi connectivity index (χ3v) is 6.79. The number of nitrogens with zero attached hydrogens (tertiary/aromatic N) is 3. The van der Waals surface area contributed by atoms with Gasteiger partial charge in [0.1, 0.15) is 5.82 Å². The highest BCUT2D eigenvalue weighted by Gasteiger charge is 2.30. The Balaban J connectivity index is 1.64. The number of alkyl halides is 3. The third-order valence-electron chi connectivity index (χ3n) is 5.06. The number of aryl methyl sites for hydroxylation is 1. The second-order valence-electron chi connectivity index (χ2n) is 7.22. The fourth-order valence-electron chi connectivity index (χ4n) is 3.48. The molecule has 31 heavy (non-hydrogen) atoms. The Morgan fingerprint density at radius 2 is 1.74 bits per heavy atom. The molecule has 4 rings (SSSR count). The standard InChI is InChI=1S/C20H18ClF3N4O2S/c21-17-10-7-14(12-16(17)19-26-25-18-4-2-1-3-11-28(18)19)27-31(29,30)15-8-5-13(6-9-15)20(22,23)24/h5-10,12,27H,1-4,11H2. The van der Waals surface area contributed by atoms with E-state index in [0.29, 0.717) is 16.4 Å². The predicted octanol–water partition coefficient (Wildman–Crippen LogP) is 5.14. The van der Waals surface area contributed by atoms with Crippen molar-refractivity contribution in [3.8, 4) is 11.4 Å². The first-order valence-electron chi connectivity index (χ1n) is 9.57. The lowest BCUT2D eigenvalue weighted by Crippen LogP contribution is -2.14. The van der Waals surface area contributed by atoms with Gasteiger partial charge in [0.25, 0.3) is 10.0 Å². The van der Waals surface area contributed by atoms with Crippen molar-refractivity contribution in [2.45, 2.75) is 43.3 Å². The summed E-state index contributed by atoms with van der Waals surface area (Å²) in [6.45, 7) is 0.746. The van der Waals surface area contributed by atoms with Crippen LogP contribution in [0.25, 0.3) is 11.4 Å². The van der Waals surface area contributed by atoms with Gasteiger partial charge in [-0.3, -0.25) is 4.72 Å². The molecule has 2 heterocycles. The zero-order valence-corrected chi connectivity index (χ0v) is 17.7. The lowest BCUT2D eigenvalue weighted by atomic mass is 10.2. The van der Waals surface area contributed by atoms with E-state index in [1.165, 1.54) is 6.07 Å². The molecule has 3 aromatic rings. The minimum atomic E-state index is -4.54. The van der Waals surface area contributed by atoms with Crippen LogP contribution in [0.5, 0.6) is 0 Å². The van der Waals surface area contributed by atoms with Crippen LogP contribution in [0.2, 0.25) is 5.02 Å². The topological polar surface area (TPSA) is 76.9 Å². The van der Waals surface area contributed by atoms with Gasteiger partial charge in [0.15, 0.2) is 5.82 Å². The van der Waals surface area contributed by atoms with Gasteiger partial charge in [-0.25, -0.2) is 8.42 Å². The summed E-state index contributed by atoms with van der Waals surface area (Å²) in [5.41, 5.74) is -0.187. The first kappa shape index (κ1) is 21.6. The fourth-order valence-corrected chi connectivity index (χ4v) is 4.73. The molecular weight excluding hydrogens is 453 g/mol. The molecule has 1 aliphatic heterocycles. The first-order chi connectivity index (χ1) is 14.6. The highest BCUT2D eigenvalue weighted by atomic mass is 35.5. The van der Waals surface area contributed by atoms with Gasteiger partial charge >= 0.3 is 6.18 Å². The summed E-state index contributed by atoms with van der Waals surface area (Å²) in [6, 6.07) is 7.86. The Kier molecular flexibility index (Phi) is 5.69. The quantitative estimate of drug-likeness (QED) is 0.572. The van der Waals surface area contributed by atoms with Crippen LogP contribution in [0.1, 0.15) is 30.7 Å². The zero-order chi connectivity index (χ0) is 22.2. The summed E-state index contributed by atoms with van der Waals surface area (Å²) in [4.78, 5) is -0.284. The normalized spacial score (nSPS) is 14.7. The van der Waals surface area contributed by atoms with Gasteiger partial charge in [-0.2, -0.15) is 13.2 Å². The van der Waals surface area contributed by atoms with Crippen molar-refractivity contribution in [3.63, 3.8) is 0 Å². The zero-order valence-electron chi connectivity index (χ0n) is 16.2. The molecular formula is C20H18ClF3N4O2S. The SMILES string of the molecule is O=S(=O)(Nc1ccc(Cl)c(-c2nnc3n2CCCCC3)c1)c1ccc(C(F)(F)F)cc1. The Morgan fingerprint density at radius 1 is 1.00 bits per heavy atom. The smallest absolute Gasteiger partial charge is 0.311 e. The fraction of sp³-hybridized carbons (Fsp3) is 0.300. The maximum absolute atomic E-state index is 12.7. The lowest BCUT2D eigenvalue weighted by molar-refractivity contribution is -0.137. The van der Waals surface area contributed by atoms with Crippen LogP contribution in [0.15, 0.2) is 47.4 Å². The number of anilines is 1. The lowest BCUT2D eigenvalue weighted by Gasteiger charge is -2.13. The summed E-state index contributed by atoms with van der Waals surface area (Å²) in [6.07, 6.45) is -0.639. The molecule has 0 saturated heterocycles. The molecule has 0 atom stereocenters. The van der Waals surface area contributed by atoms with Crippen LogP contribution in [-0.4, -0.2) is 23.2 Å². The van der Waals surface area contributed by atoms with E-state index in [1.807, 2.05) is 4.57 Å². The molecule has 164 valence electrons. The third kappa shape index (κ3) is 4.54. The van der Waals surface area contributed by atoms with E-state index < -0.39 is 21.8 Å². The molecule has 1 aromatic heterocycles. The maximum atomic E-state index is 12.7. The monoisotopic (exact) mass is 470 g/mol. The summed E-state index contributed by atoms with van der Waals surface area (Å²) < 4.78 is 67.9. The maximum Gasteiger partial charge on any atom is 0.416 e. The molecule has 0 aliphatic carbocycles. The van der Waals surface area contributed by atoms with Gasteiger partial charge in [0.05, 0.1) is 15.5 Å². The van der Waals surface area contributed by atoms with E-state index in [2.05, 4.69) is 14.9 Å². The van der Waals surface area contributed by atoms with E-state index in [4.69, 9.17) is 11.6 Å². The number of fused-ring (bicyclic) bond motifs is 1. The van der Waals surface area contributed by atoms with Crippen LogP contribution < -0.4 is 4.72 Å². The molecule has 0 unspecified atom stereocenters. The molecule has 1 aliphatic rings. The summed E-state index contributed by atoms with van der Waals surface area (Å²) in [7, 11) is -4.10. The van der Waals surface area contributed by atoms with Crippen molar-refractivity contribution in [1.29, 1.82) is 0 Å². The minimum absolute atomic E-state index is 0.213. The van der Waals surface area contributed by atoms with E-state index in [1.54, 1.807) is 12.1 Å². The summed E-state index contributed by atoms with van der Waals surface area (Å²) in [5.74, 6) is 1.41. The number of halogens is 4. The van der Waals surface area contributed by atoms with Crippen LogP contribution in [-0.2, 0) is 29.2 Å². The Hall–Kier alpha value is -2.59. The van der Waals surface area contributed by atoms with Crippen molar-refractivity contribution in [2.24, 2.45) is 0 Å². The van der Waals surface area contributed by atoms with Crippen molar-refractivity contribution in [3.05, 3.63) is 58.9 Å². The van der Waals surface area contributed by atoms with Gasteiger partial charge in [-0.1, -0.05) is 18.0 Å². The Bertz CT molecular complexity index is 1210. The van der Waals surface area contributed by atoms with Crippen LogP contribution in [0.4, 0.5) is 18.9 Å². The van der Waals surface area contributed by atoms with Gasteiger partial charge in [0.2, 0.25) is 0 Å². The molecule has 0 amide bonds. The number of aromatic nitrogens is 3. The van der Waals surface area contributed by atoms with E-state index in [9.17, 15) is 21.6 Å². The number of nitrogens with one attached hydrogen (secondary N) is 1. The van der Waals surface area contributed by atoms with E-state index in [-0.39, 0.29) is 10.6 Å². The Labute approximate surface area is 182 Å².